The van der Waals surface area contributed by atoms with Crippen LogP contribution >= 0.6 is 22.9 Å². The molecule has 0 unspecified atom stereocenters. The van der Waals surface area contributed by atoms with Gasteiger partial charge in [0.05, 0.1) is 36.2 Å². The Kier molecular flexibility index (Phi) is 4.87. The van der Waals surface area contributed by atoms with E-state index in [1.807, 2.05) is 35.0 Å². The van der Waals surface area contributed by atoms with Gasteiger partial charge in [-0.2, -0.15) is 16.3 Å². The van der Waals surface area contributed by atoms with Gasteiger partial charge >= 0.3 is 0 Å². The van der Waals surface area contributed by atoms with E-state index in [0.29, 0.717) is 31.5 Å². The minimum absolute atomic E-state index is 0.439. The molecule has 1 aromatic carbocycles. The zero-order valence-electron chi connectivity index (χ0n) is 13.4. The van der Waals surface area contributed by atoms with Gasteiger partial charge in [-0.1, -0.05) is 22.8 Å². The minimum atomic E-state index is 0.439. The van der Waals surface area contributed by atoms with E-state index in [2.05, 4.69) is 20.4 Å². The molecule has 0 bridgehead atoms. The molecular formula is C17H17ClN4O2S. The highest BCUT2D eigenvalue weighted by molar-refractivity contribution is 7.08. The summed E-state index contributed by atoms with van der Waals surface area (Å²) >= 11 is 8.05. The van der Waals surface area contributed by atoms with Crippen molar-refractivity contribution < 1.29 is 9.26 Å². The SMILES string of the molecule is Clc1cccc(NCc2nc(-c3ccsc3)no2)c1N1CCOCC1. The zero-order chi connectivity index (χ0) is 17.1. The number of nitrogens with one attached hydrogen (secondary N) is 1. The topological polar surface area (TPSA) is 63.4 Å². The number of para-hydroxylation sites is 1. The monoisotopic (exact) mass is 376 g/mol. The van der Waals surface area contributed by atoms with Crippen LogP contribution in [0.5, 0.6) is 0 Å². The van der Waals surface area contributed by atoms with Gasteiger partial charge in [-0.05, 0) is 23.6 Å². The molecule has 130 valence electrons. The average Bonchev–Trinajstić information content (AvgIpc) is 3.32. The van der Waals surface area contributed by atoms with Crippen molar-refractivity contribution in [1.82, 2.24) is 10.1 Å². The summed E-state index contributed by atoms with van der Waals surface area (Å²) in [5, 5.41) is 12.1. The lowest BCUT2D eigenvalue weighted by molar-refractivity contribution is 0.123. The van der Waals surface area contributed by atoms with E-state index in [4.69, 9.17) is 20.9 Å². The van der Waals surface area contributed by atoms with Crippen molar-refractivity contribution in [2.24, 2.45) is 0 Å². The standard InChI is InChI=1S/C17H17ClN4O2S/c18-13-2-1-3-14(16(13)22-5-7-23-8-6-22)19-10-15-20-17(21-24-15)12-4-9-25-11-12/h1-4,9,11,19H,5-8,10H2. The lowest BCUT2D eigenvalue weighted by atomic mass is 10.2. The van der Waals surface area contributed by atoms with Gasteiger partial charge in [0, 0.05) is 24.0 Å². The van der Waals surface area contributed by atoms with Crippen LogP contribution in [-0.4, -0.2) is 36.4 Å². The molecule has 1 aliphatic heterocycles. The van der Waals surface area contributed by atoms with Gasteiger partial charge in [0.2, 0.25) is 11.7 Å². The van der Waals surface area contributed by atoms with E-state index in [1.54, 1.807) is 11.3 Å². The van der Waals surface area contributed by atoms with Crippen molar-refractivity contribution in [3.63, 3.8) is 0 Å². The fourth-order valence-electron chi connectivity index (χ4n) is 2.77. The Balaban J connectivity index is 1.50. The number of anilines is 2. The first-order valence-corrected chi connectivity index (χ1v) is 9.33. The van der Waals surface area contributed by atoms with Gasteiger partial charge in [0.1, 0.15) is 0 Å². The van der Waals surface area contributed by atoms with Crippen LogP contribution in [-0.2, 0) is 11.3 Å². The van der Waals surface area contributed by atoms with Crippen molar-refractivity contribution in [3.8, 4) is 11.4 Å². The second-order valence-electron chi connectivity index (χ2n) is 5.61. The summed E-state index contributed by atoms with van der Waals surface area (Å²) in [5.74, 6) is 1.15. The molecular weight excluding hydrogens is 360 g/mol. The molecule has 1 N–H and O–H groups in total. The van der Waals surface area contributed by atoms with Gasteiger partial charge in [0.25, 0.3) is 0 Å². The maximum absolute atomic E-state index is 6.44. The highest BCUT2D eigenvalue weighted by Crippen LogP contribution is 2.34. The number of nitrogens with zero attached hydrogens (tertiary/aromatic N) is 3. The molecule has 0 amide bonds. The summed E-state index contributed by atoms with van der Waals surface area (Å²) in [6.07, 6.45) is 0. The maximum Gasteiger partial charge on any atom is 0.246 e. The minimum Gasteiger partial charge on any atom is -0.378 e. The average molecular weight is 377 g/mol. The molecule has 4 rings (SSSR count). The first kappa shape index (κ1) is 16.4. The van der Waals surface area contributed by atoms with Crippen LogP contribution in [0, 0.1) is 0 Å². The van der Waals surface area contributed by atoms with Gasteiger partial charge in [-0.15, -0.1) is 0 Å². The highest BCUT2D eigenvalue weighted by Gasteiger charge is 2.18. The van der Waals surface area contributed by atoms with E-state index >= 15 is 0 Å². The second kappa shape index (κ2) is 7.43. The molecule has 0 atom stereocenters. The van der Waals surface area contributed by atoms with Gasteiger partial charge in [-0.25, -0.2) is 0 Å². The van der Waals surface area contributed by atoms with Crippen LogP contribution < -0.4 is 10.2 Å². The van der Waals surface area contributed by atoms with Gasteiger partial charge < -0.3 is 19.5 Å². The molecule has 0 aliphatic carbocycles. The Morgan fingerprint density at radius 2 is 2.12 bits per heavy atom. The fourth-order valence-corrected chi connectivity index (χ4v) is 3.70. The van der Waals surface area contributed by atoms with E-state index in [0.717, 1.165) is 35.1 Å². The molecule has 8 heteroatoms. The third kappa shape index (κ3) is 3.63. The Hall–Kier alpha value is -2.09. The first-order valence-electron chi connectivity index (χ1n) is 8.01. The molecule has 3 heterocycles. The summed E-state index contributed by atoms with van der Waals surface area (Å²) in [6, 6.07) is 7.81. The van der Waals surface area contributed by atoms with Crippen molar-refractivity contribution in [3.05, 3.63) is 45.9 Å². The number of hydrogen-bond acceptors (Lipinski definition) is 7. The van der Waals surface area contributed by atoms with Crippen LogP contribution in [0.15, 0.2) is 39.5 Å². The highest BCUT2D eigenvalue weighted by atomic mass is 35.5. The molecule has 3 aromatic rings. The molecule has 6 nitrogen and oxygen atoms in total. The molecule has 0 radical (unpaired) electrons. The normalized spacial score (nSPS) is 14.7. The number of halogens is 1. The third-order valence-electron chi connectivity index (χ3n) is 3.99. The third-order valence-corrected chi connectivity index (χ3v) is 4.98. The molecule has 1 fully saturated rings. The Morgan fingerprint density at radius 3 is 2.92 bits per heavy atom. The molecule has 1 saturated heterocycles. The summed E-state index contributed by atoms with van der Waals surface area (Å²) in [5.41, 5.74) is 2.91. The molecule has 0 saturated carbocycles. The molecule has 1 aliphatic rings. The Bertz CT molecular complexity index is 831. The predicted molar refractivity (Wildman–Crippen MR) is 99.4 cm³/mol. The number of morpholine rings is 1. The van der Waals surface area contributed by atoms with Crippen LogP contribution in [0.1, 0.15) is 5.89 Å². The number of benzene rings is 1. The van der Waals surface area contributed by atoms with E-state index in [1.165, 1.54) is 0 Å². The quantitative estimate of drug-likeness (QED) is 0.728. The van der Waals surface area contributed by atoms with E-state index in [9.17, 15) is 0 Å². The summed E-state index contributed by atoms with van der Waals surface area (Å²) < 4.78 is 10.8. The largest absolute Gasteiger partial charge is 0.378 e. The summed E-state index contributed by atoms with van der Waals surface area (Å²) in [4.78, 5) is 6.67. The van der Waals surface area contributed by atoms with E-state index < -0.39 is 0 Å². The van der Waals surface area contributed by atoms with Crippen molar-refractivity contribution in [2.75, 3.05) is 36.5 Å². The van der Waals surface area contributed by atoms with Gasteiger partial charge in [0.15, 0.2) is 0 Å². The van der Waals surface area contributed by atoms with Crippen molar-refractivity contribution in [1.29, 1.82) is 0 Å². The first-order chi connectivity index (χ1) is 12.3. The molecule has 0 spiro atoms. The fraction of sp³-hybridized carbons (Fsp3) is 0.294. The van der Waals surface area contributed by atoms with Gasteiger partial charge in [-0.3, -0.25) is 0 Å². The predicted octanol–water partition coefficient (Wildman–Crippen LogP) is 3.90. The molecule has 2 aromatic heterocycles. The van der Waals surface area contributed by atoms with Crippen molar-refractivity contribution >= 4 is 34.3 Å². The van der Waals surface area contributed by atoms with Crippen LogP contribution in [0.3, 0.4) is 0 Å². The second-order valence-corrected chi connectivity index (χ2v) is 6.80. The number of ether oxygens (including phenoxy) is 1. The summed E-state index contributed by atoms with van der Waals surface area (Å²) in [6.45, 7) is 3.49. The number of thiophene rings is 1. The smallest absolute Gasteiger partial charge is 0.246 e. The number of hydrogen-bond donors (Lipinski definition) is 1. The summed E-state index contributed by atoms with van der Waals surface area (Å²) in [7, 11) is 0. The zero-order valence-corrected chi connectivity index (χ0v) is 15.0. The Labute approximate surface area is 154 Å². The van der Waals surface area contributed by atoms with Crippen LogP contribution in [0.4, 0.5) is 11.4 Å². The van der Waals surface area contributed by atoms with Crippen molar-refractivity contribution in [2.45, 2.75) is 6.54 Å². The maximum atomic E-state index is 6.44. The molecule has 25 heavy (non-hydrogen) atoms. The lowest BCUT2D eigenvalue weighted by Gasteiger charge is -2.31. The van der Waals surface area contributed by atoms with Crippen LogP contribution in [0.2, 0.25) is 5.02 Å². The van der Waals surface area contributed by atoms with E-state index in [-0.39, 0.29) is 0 Å². The van der Waals surface area contributed by atoms with Crippen LogP contribution in [0.25, 0.3) is 11.4 Å². The number of aromatic nitrogens is 2. The Morgan fingerprint density at radius 1 is 1.24 bits per heavy atom. The number of rotatable bonds is 5. The lowest BCUT2D eigenvalue weighted by Crippen LogP contribution is -2.36.